The molecule has 1 aliphatic carbocycles. The third-order valence-electron chi connectivity index (χ3n) is 4.57. The van der Waals surface area contributed by atoms with Gasteiger partial charge < -0.3 is 5.11 Å². The van der Waals surface area contributed by atoms with Crippen LogP contribution in [0.25, 0.3) is 0 Å². The van der Waals surface area contributed by atoms with E-state index < -0.39 is 22.0 Å². The lowest BCUT2D eigenvalue weighted by Crippen LogP contribution is -2.46. The first-order chi connectivity index (χ1) is 10.4. The second-order valence-electron chi connectivity index (χ2n) is 5.88. The maximum Gasteiger partial charge on any atom is 0.322 e. The Morgan fingerprint density at radius 2 is 2.05 bits per heavy atom. The Balaban J connectivity index is 2.04. The fourth-order valence-corrected chi connectivity index (χ4v) is 6.01. The Labute approximate surface area is 137 Å². The molecule has 2 aliphatic rings. The molecule has 1 aliphatic heterocycles. The van der Waals surface area contributed by atoms with E-state index in [1.807, 2.05) is 0 Å². The largest absolute Gasteiger partial charge is 0.480 e. The average Bonchev–Trinajstić information content (AvgIpc) is 2.87. The monoisotopic (exact) mass is 388 g/mol. The standard InChI is InChI=1S/C14H17BrN2O4S/c15-10-6-11(8-16-7-10)22(20,21)17-12-4-2-1-3-9(12)5-13(17)14(18)19/h6-9,12-13H,1-5H2,(H,18,19). The molecule has 1 N–H and O–H groups in total. The number of carboxylic acid groups (broad SMARTS) is 1. The smallest absolute Gasteiger partial charge is 0.322 e. The molecule has 22 heavy (non-hydrogen) atoms. The number of pyridine rings is 1. The Kier molecular flexibility index (Phi) is 4.26. The van der Waals surface area contributed by atoms with Crippen molar-refractivity contribution in [2.45, 2.75) is 49.1 Å². The minimum atomic E-state index is -3.87. The zero-order chi connectivity index (χ0) is 15.9. The van der Waals surface area contributed by atoms with Crippen molar-refractivity contribution >= 4 is 31.9 Å². The minimum absolute atomic E-state index is 0.0411. The molecule has 6 nitrogen and oxygen atoms in total. The number of rotatable bonds is 3. The highest BCUT2D eigenvalue weighted by molar-refractivity contribution is 9.10. The highest BCUT2D eigenvalue weighted by Crippen LogP contribution is 2.42. The van der Waals surface area contributed by atoms with E-state index in [4.69, 9.17) is 0 Å². The molecule has 8 heteroatoms. The SMILES string of the molecule is O=C(O)C1CC2CCCCC2N1S(=O)(=O)c1cncc(Br)c1. The second-order valence-corrected chi connectivity index (χ2v) is 8.63. The van der Waals surface area contributed by atoms with Crippen LogP contribution in [-0.2, 0) is 14.8 Å². The third-order valence-corrected chi connectivity index (χ3v) is 6.90. The number of hydrogen-bond donors (Lipinski definition) is 1. The number of hydrogen-bond acceptors (Lipinski definition) is 4. The molecule has 2 heterocycles. The lowest BCUT2D eigenvalue weighted by molar-refractivity contribution is -0.141. The molecule has 120 valence electrons. The van der Waals surface area contributed by atoms with Gasteiger partial charge in [-0.2, -0.15) is 4.31 Å². The van der Waals surface area contributed by atoms with Crippen molar-refractivity contribution in [2.75, 3.05) is 0 Å². The number of carbonyl (C=O) groups is 1. The first-order valence-corrected chi connectivity index (χ1v) is 9.51. The Morgan fingerprint density at radius 3 is 2.73 bits per heavy atom. The van der Waals surface area contributed by atoms with Gasteiger partial charge in [-0.25, -0.2) is 8.42 Å². The third kappa shape index (κ3) is 2.68. The molecule has 0 radical (unpaired) electrons. The summed E-state index contributed by atoms with van der Waals surface area (Å²) < 4.78 is 27.7. The molecule has 3 atom stereocenters. The Hall–Kier alpha value is -0.990. The number of nitrogens with zero attached hydrogens (tertiary/aromatic N) is 2. The van der Waals surface area contributed by atoms with Crippen molar-refractivity contribution < 1.29 is 18.3 Å². The van der Waals surface area contributed by atoms with E-state index >= 15 is 0 Å². The first-order valence-electron chi connectivity index (χ1n) is 7.28. The number of carboxylic acids is 1. The molecular weight excluding hydrogens is 372 g/mol. The maximum atomic E-state index is 13.0. The van der Waals surface area contributed by atoms with Gasteiger partial charge >= 0.3 is 5.97 Å². The number of aromatic nitrogens is 1. The molecule has 1 saturated heterocycles. The molecule has 1 saturated carbocycles. The van der Waals surface area contributed by atoms with Gasteiger partial charge in [-0.1, -0.05) is 12.8 Å². The molecule has 0 amide bonds. The quantitative estimate of drug-likeness (QED) is 0.857. The van der Waals surface area contributed by atoms with Crippen LogP contribution in [0, 0.1) is 5.92 Å². The van der Waals surface area contributed by atoms with E-state index in [0.717, 1.165) is 25.7 Å². The van der Waals surface area contributed by atoms with Gasteiger partial charge in [0.05, 0.1) is 0 Å². The summed E-state index contributed by atoms with van der Waals surface area (Å²) in [6.07, 6.45) is 6.79. The zero-order valence-electron chi connectivity index (χ0n) is 11.9. The van der Waals surface area contributed by atoms with Crippen molar-refractivity contribution in [2.24, 2.45) is 5.92 Å². The second kappa shape index (κ2) is 5.90. The van der Waals surface area contributed by atoms with Crippen LogP contribution in [0.3, 0.4) is 0 Å². The lowest BCUT2D eigenvalue weighted by atomic mass is 9.85. The minimum Gasteiger partial charge on any atom is -0.480 e. The predicted molar refractivity (Wildman–Crippen MR) is 82.7 cm³/mol. The summed E-state index contributed by atoms with van der Waals surface area (Å²) in [5.41, 5.74) is 0. The van der Waals surface area contributed by atoms with E-state index in [-0.39, 0.29) is 16.9 Å². The van der Waals surface area contributed by atoms with Crippen LogP contribution < -0.4 is 0 Å². The van der Waals surface area contributed by atoms with E-state index in [9.17, 15) is 18.3 Å². The summed E-state index contributed by atoms with van der Waals surface area (Å²) in [5.74, 6) is -0.925. The van der Waals surface area contributed by atoms with Crippen molar-refractivity contribution in [3.05, 3.63) is 22.9 Å². The highest BCUT2D eigenvalue weighted by Gasteiger charge is 2.51. The molecule has 2 fully saturated rings. The topological polar surface area (TPSA) is 87.6 Å². The van der Waals surface area contributed by atoms with Crippen LogP contribution >= 0.6 is 15.9 Å². The van der Waals surface area contributed by atoms with Gasteiger partial charge in [-0.05, 0) is 47.2 Å². The summed E-state index contributed by atoms with van der Waals surface area (Å²) in [4.78, 5) is 15.5. The number of fused-ring (bicyclic) bond motifs is 1. The molecule has 0 bridgehead atoms. The van der Waals surface area contributed by atoms with Gasteiger partial charge in [0.15, 0.2) is 0 Å². The number of halogens is 1. The molecule has 0 aromatic carbocycles. The molecule has 3 rings (SSSR count). The van der Waals surface area contributed by atoms with Gasteiger partial charge in [-0.3, -0.25) is 9.78 Å². The van der Waals surface area contributed by atoms with Crippen molar-refractivity contribution in [1.29, 1.82) is 0 Å². The summed E-state index contributed by atoms with van der Waals surface area (Å²) in [5, 5.41) is 9.46. The lowest BCUT2D eigenvalue weighted by Gasteiger charge is -2.32. The molecule has 3 unspecified atom stereocenters. The fraction of sp³-hybridized carbons (Fsp3) is 0.571. The van der Waals surface area contributed by atoms with Gasteiger partial charge in [0.25, 0.3) is 0 Å². The van der Waals surface area contributed by atoms with E-state index in [1.54, 1.807) is 0 Å². The van der Waals surface area contributed by atoms with Crippen LogP contribution in [0.1, 0.15) is 32.1 Å². The molecular formula is C14H17BrN2O4S. The summed E-state index contributed by atoms with van der Waals surface area (Å²) in [7, 11) is -3.87. The molecule has 0 spiro atoms. The van der Waals surface area contributed by atoms with Crippen molar-refractivity contribution in [3.63, 3.8) is 0 Å². The first kappa shape index (κ1) is 15.9. The van der Waals surface area contributed by atoms with Crippen LogP contribution in [0.4, 0.5) is 0 Å². The van der Waals surface area contributed by atoms with Crippen LogP contribution in [-0.4, -0.2) is 40.9 Å². The van der Waals surface area contributed by atoms with E-state index in [1.165, 1.54) is 22.8 Å². The van der Waals surface area contributed by atoms with Crippen LogP contribution in [0.15, 0.2) is 27.8 Å². The summed E-state index contributed by atoms with van der Waals surface area (Å²) in [6, 6.07) is 0.285. The van der Waals surface area contributed by atoms with E-state index in [0.29, 0.717) is 10.9 Å². The van der Waals surface area contributed by atoms with Gasteiger partial charge in [-0.15, -0.1) is 0 Å². The Morgan fingerprint density at radius 1 is 1.32 bits per heavy atom. The summed E-state index contributed by atoms with van der Waals surface area (Å²) >= 11 is 3.21. The number of aliphatic carboxylic acids is 1. The normalized spacial score (nSPS) is 29.2. The molecule has 1 aromatic heterocycles. The maximum absolute atomic E-state index is 13.0. The van der Waals surface area contributed by atoms with Gasteiger partial charge in [0.1, 0.15) is 10.9 Å². The van der Waals surface area contributed by atoms with Crippen molar-refractivity contribution in [1.82, 2.24) is 9.29 Å². The van der Waals surface area contributed by atoms with Crippen LogP contribution in [0.2, 0.25) is 0 Å². The number of sulfonamides is 1. The summed E-state index contributed by atoms with van der Waals surface area (Å²) in [6.45, 7) is 0. The Bertz CT molecular complexity index is 694. The zero-order valence-corrected chi connectivity index (χ0v) is 14.3. The van der Waals surface area contributed by atoms with Crippen molar-refractivity contribution in [3.8, 4) is 0 Å². The van der Waals surface area contributed by atoms with E-state index in [2.05, 4.69) is 20.9 Å². The van der Waals surface area contributed by atoms with Gasteiger partial charge in [0, 0.05) is 22.9 Å². The van der Waals surface area contributed by atoms with Gasteiger partial charge in [0.2, 0.25) is 10.0 Å². The average molecular weight is 389 g/mol. The fourth-order valence-electron chi connectivity index (χ4n) is 3.63. The molecule has 1 aromatic rings. The highest BCUT2D eigenvalue weighted by atomic mass is 79.9. The predicted octanol–water partition coefficient (Wildman–Crippen LogP) is 2.25. The van der Waals surface area contributed by atoms with Crippen LogP contribution in [0.5, 0.6) is 0 Å².